The van der Waals surface area contributed by atoms with Gasteiger partial charge in [-0.2, -0.15) is 0 Å². The van der Waals surface area contributed by atoms with Crippen LogP contribution >= 0.6 is 0 Å². The SMILES string of the molecule is CCCCCN(c1ccnc2c3c(ccc12)CC(C)(C)O3)N(CC)CC. The van der Waals surface area contributed by atoms with E-state index < -0.39 is 0 Å². The summed E-state index contributed by atoms with van der Waals surface area (Å²) in [5.41, 5.74) is 3.37. The Morgan fingerprint density at radius 2 is 1.85 bits per heavy atom. The zero-order chi connectivity index (χ0) is 18.7. The lowest BCUT2D eigenvalue weighted by molar-refractivity contribution is 0.140. The maximum atomic E-state index is 6.26. The second-order valence-electron chi connectivity index (χ2n) is 7.79. The van der Waals surface area contributed by atoms with Crippen LogP contribution in [0.1, 0.15) is 59.4 Å². The van der Waals surface area contributed by atoms with E-state index in [2.05, 4.69) is 62.8 Å². The fourth-order valence-corrected chi connectivity index (χ4v) is 3.96. The quantitative estimate of drug-likeness (QED) is 0.480. The average molecular weight is 356 g/mol. The minimum Gasteiger partial charge on any atom is -0.485 e. The Morgan fingerprint density at radius 1 is 1.08 bits per heavy atom. The van der Waals surface area contributed by atoms with Gasteiger partial charge >= 0.3 is 0 Å². The van der Waals surface area contributed by atoms with Gasteiger partial charge in [-0.05, 0) is 26.3 Å². The number of nitrogens with zero attached hydrogens (tertiary/aromatic N) is 3. The minimum absolute atomic E-state index is 0.145. The van der Waals surface area contributed by atoms with Gasteiger partial charge in [0.15, 0.2) is 0 Å². The molecule has 0 saturated carbocycles. The molecule has 4 heteroatoms. The molecule has 0 aliphatic carbocycles. The van der Waals surface area contributed by atoms with E-state index in [1.54, 1.807) is 0 Å². The van der Waals surface area contributed by atoms with Crippen molar-refractivity contribution in [2.45, 2.75) is 65.9 Å². The van der Waals surface area contributed by atoms with Crippen molar-refractivity contribution in [1.29, 1.82) is 0 Å². The van der Waals surface area contributed by atoms with Gasteiger partial charge in [0.2, 0.25) is 0 Å². The molecule has 1 aromatic heterocycles. The van der Waals surface area contributed by atoms with Gasteiger partial charge in [0, 0.05) is 43.2 Å². The summed E-state index contributed by atoms with van der Waals surface area (Å²) in [5, 5.41) is 6.06. The van der Waals surface area contributed by atoms with Crippen LogP contribution in [0.15, 0.2) is 24.4 Å². The molecule has 0 fully saturated rings. The maximum absolute atomic E-state index is 6.26. The number of unbranched alkanes of at least 4 members (excludes halogenated alkanes) is 2. The number of anilines is 1. The summed E-state index contributed by atoms with van der Waals surface area (Å²) in [6, 6.07) is 6.61. The first-order chi connectivity index (χ1) is 12.5. The summed E-state index contributed by atoms with van der Waals surface area (Å²) in [6.07, 6.45) is 6.57. The zero-order valence-corrected chi connectivity index (χ0v) is 17.0. The highest BCUT2D eigenvalue weighted by atomic mass is 16.5. The molecule has 0 atom stereocenters. The molecule has 3 rings (SSSR count). The molecular formula is C22H33N3O. The monoisotopic (exact) mass is 355 g/mol. The molecule has 26 heavy (non-hydrogen) atoms. The Labute approximate surface area is 158 Å². The molecule has 0 radical (unpaired) electrons. The summed E-state index contributed by atoms with van der Waals surface area (Å²) < 4.78 is 6.26. The van der Waals surface area contributed by atoms with Crippen LogP contribution in [0.5, 0.6) is 5.75 Å². The van der Waals surface area contributed by atoms with Crippen LogP contribution in [0, 0.1) is 0 Å². The van der Waals surface area contributed by atoms with E-state index in [-0.39, 0.29) is 5.60 Å². The lowest BCUT2D eigenvalue weighted by Gasteiger charge is -2.36. The Morgan fingerprint density at radius 3 is 2.54 bits per heavy atom. The summed E-state index contributed by atoms with van der Waals surface area (Å²) >= 11 is 0. The van der Waals surface area contributed by atoms with Crippen molar-refractivity contribution >= 4 is 16.6 Å². The third-order valence-corrected chi connectivity index (χ3v) is 5.24. The van der Waals surface area contributed by atoms with Crippen LogP contribution in [0.4, 0.5) is 5.69 Å². The Hall–Kier alpha value is -1.81. The molecular weight excluding hydrogens is 322 g/mol. The lowest BCUT2D eigenvalue weighted by atomic mass is 10.0. The third-order valence-electron chi connectivity index (χ3n) is 5.24. The van der Waals surface area contributed by atoms with Gasteiger partial charge in [-0.1, -0.05) is 45.7 Å². The van der Waals surface area contributed by atoms with Gasteiger partial charge in [-0.25, -0.2) is 5.01 Å². The number of pyridine rings is 1. The summed E-state index contributed by atoms with van der Waals surface area (Å²) in [4.78, 5) is 4.70. The number of hydrazine groups is 1. The van der Waals surface area contributed by atoms with E-state index in [0.29, 0.717) is 0 Å². The topological polar surface area (TPSA) is 28.6 Å². The fourth-order valence-electron chi connectivity index (χ4n) is 3.96. The standard InChI is InChI=1S/C22H33N3O/c1-6-9-10-15-25(24(7-2)8-3)19-13-14-23-20-18(19)12-11-17-16-22(4,5)26-21(17)20/h11-14H,6-10,15-16H2,1-5H3. The number of ether oxygens (including phenoxy) is 1. The van der Waals surface area contributed by atoms with Crippen molar-refractivity contribution in [2.75, 3.05) is 24.6 Å². The lowest BCUT2D eigenvalue weighted by Crippen LogP contribution is -2.43. The highest BCUT2D eigenvalue weighted by Crippen LogP contribution is 2.41. The Bertz CT molecular complexity index is 752. The van der Waals surface area contributed by atoms with Gasteiger partial charge in [0.05, 0.1) is 5.69 Å². The van der Waals surface area contributed by atoms with E-state index in [9.17, 15) is 0 Å². The maximum Gasteiger partial charge on any atom is 0.149 e. The van der Waals surface area contributed by atoms with Crippen LogP contribution in [0.3, 0.4) is 0 Å². The van der Waals surface area contributed by atoms with Crippen molar-refractivity contribution in [3.63, 3.8) is 0 Å². The molecule has 1 aliphatic rings. The summed E-state index contributed by atoms with van der Waals surface area (Å²) in [5.74, 6) is 0.974. The first-order valence-electron chi connectivity index (χ1n) is 10.1. The Balaban J connectivity index is 2.05. The highest BCUT2D eigenvalue weighted by molar-refractivity contribution is 5.96. The van der Waals surface area contributed by atoms with E-state index in [1.165, 1.54) is 35.9 Å². The molecule has 0 spiro atoms. The van der Waals surface area contributed by atoms with Crippen LogP contribution in [-0.4, -0.2) is 35.2 Å². The normalized spacial score (nSPS) is 15.3. The van der Waals surface area contributed by atoms with E-state index >= 15 is 0 Å². The van der Waals surface area contributed by atoms with Crippen LogP contribution in [0.2, 0.25) is 0 Å². The second kappa shape index (κ2) is 7.83. The highest BCUT2D eigenvalue weighted by Gasteiger charge is 2.32. The summed E-state index contributed by atoms with van der Waals surface area (Å²) in [6.45, 7) is 14.0. The van der Waals surface area contributed by atoms with Crippen LogP contribution in [-0.2, 0) is 6.42 Å². The molecule has 0 unspecified atom stereocenters. The zero-order valence-electron chi connectivity index (χ0n) is 17.0. The van der Waals surface area contributed by atoms with Gasteiger partial charge in [0.25, 0.3) is 0 Å². The minimum atomic E-state index is -0.145. The fraction of sp³-hybridized carbons (Fsp3) is 0.591. The Kier molecular flexibility index (Phi) is 5.71. The largest absolute Gasteiger partial charge is 0.485 e. The van der Waals surface area contributed by atoms with Gasteiger partial charge < -0.3 is 9.75 Å². The van der Waals surface area contributed by atoms with Gasteiger partial charge in [-0.15, -0.1) is 0 Å². The molecule has 2 aromatic rings. The first-order valence-corrected chi connectivity index (χ1v) is 10.1. The molecule has 0 N–H and O–H groups in total. The number of benzene rings is 1. The van der Waals surface area contributed by atoms with E-state index in [4.69, 9.17) is 9.72 Å². The van der Waals surface area contributed by atoms with E-state index in [0.717, 1.165) is 37.3 Å². The van der Waals surface area contributed by atoms with Crippen LogP contribution < -0.4 is 9.75 Å². The van der Waals surface area contributed by atoms with Gasteiger partial charge in [0.1, 0.15) is 16.9 Å². The number of hydrogen-bond acceptors (Lipinski definition) is 4. The van der Waals surface area contributed by atoms with Crippen molar-refractivity contribution in [3.05, 3.63) is 30.0 Å². The molecule has 1 aromatic carbocycles. The van der Waals surface area contributed by atoms with Crippen molar-refractivity contribution in [3.8, 4) is 5.75 Å². The molecule has 142 valence electrons. The second-order valence-corrected chi connectivity index (χ2v) is 7.79. The number of rotatable bonds is 8. The third kappa shape index (κ3) is 3.66. The smallest absolute Gasteiger partial charge is 0.149 e. The van der Waals surface area contributed by atoms with Crippen molar-refractivity contribution < 1.29 is 4.74 Å². The predicted molar refractivity (Wildman–Crippen MR) is 110 cm³/mol. The summed E-state index contributed by atoms with van der Waals surface area (Å²) in [7, 11) is 0. The average Bonchev–Trinajstić information content (AvgIpc) is 2.95. The number of fused-ring (bicyclic) bond motifs is 3. The molecule has 2 heterocycles. The number of aromatic nitrogens is 1. The van der Waals surface area contributed by atoms with Crippen LogP contribution in [0.25, 0.3) is 10.9 Å². The number of hydrogen-bond donors (Lipinski definition) is 0. The van der Waals surface area contributed by atoms with Gasteiger partial charge in [-0.3, -0.25) is 4.98 Å². The van der Waals surface area contributed by atoms with E-state index in [1.807, 2.05) is 6.20 Å². The molecule has 0 saturated heterocycles. The molecule has 1 aliphatic heterocycles. The molecule has 0 bridgehead atoms. The first kappa shape index (κ1) is 19.0. The molecule has 4 nitrogen and oxygen atoms in total. The molecule has 0 amide bonds. The van der Waals surface area contributed by atoms with Crippen molar-refractivity contribution in [1.82, 2.24) is 9.99 Å². The predicted octanol–water partition coefficient (Wildman–Crippen LogP) is 5.20. The van der Waals surface area contributed by atoms with Crippen molar-refractivity contribution in [2.24, 2.45) is 0 Å².